The average Bonchev–Trinajstić information content (AvgIpc) is 2.29. The second-order valence-electron chi connectivity index (χ2n) is 3.89. The Kier molecular flexibility index (Phi) is 7.85. The molecule has 0 aliphatic carbocycles. The van der Waals surface area contributed by atoms with Gasteiger partial charge in [0.1, 0.15) is 10.7 Å². The zero-order chi connectivity index (χ0) is 13.8. The Balaban J connectivity index is 0.00000324. The lowest BCUT2D eigenvalue weighted by Gasteiger charge is -2.09. The van der Waals surface area contributed by atoms with Crippen molar-refractivity contribution in [1.29, 1.82) is 0 Å². The second-order valence-corrected chi connectivity index (χ2v) is 6.03. The molecule has 0 bridgehead atoms. The fraction of sp³-hybridized carbons (Fsp3) is 0.455. The molecule has 0 spiro atoms. The molecule has 0 aliphatic heterocycles. The van der Waals surface area contributed by atoms with E-state index >= 15 is 0 Å². The first-order valence-corrected chi connectivity index (χ1v) is 7.34. The summed E-state index contributed by atoms with van der Waals surface area (Å²) in [5, 5.41) is 2.80. The molecule has 0 unspecified atom stereocenters. The van der Waals surface area contributed by atoms with Gasteiger partial charge in [-0.3, -0.25) is 0 Å². The van der Waals surface area contributed by atoms with Crippen molar-refractivity contribution in [2.45, 2.75) is 18.2 Å². The van der Waals surface area contributed by atoms with Gasteiger partial charge in [0.15, 0.2) is 0 Å². The molecule has 2 N–H and O–H groups in total. The van der Waals surface area contributed by atoms with Crippen molar-refractivity contribution in [3.05, 3.63) is 28.5 Å². The molecule has 0 radical (unpaired) electrons. The van der Waals surface area contributed by atoms with Crippen LogP contribution in [0.3, 0.4) is 0 Å². The molecular weight excluding hydrogens is 314 g/mol. The highest BCUT2D eigenvalue weighted by Crippen LogP contribution is 2.24. The second kappa shape index (κ2) is 8.01. The number of benzene rings is 1. The van der Waals surface area contributed by atoms with E-state index in [0.29, 0.717) is 19.5 Å². The molecule has 0 amide bonds. The van der Waals surface area contributed by atoms with Crippen LogP contribution < -0.4 is 10.0 Å². The summed E-state index contributed by atoms with van der Waals surface area (Å²) in [6, 6.07) is 2.25. The minimum Gasteiger partial charge on any atom is -0.320 e. The number of hydrogen-bond donors (Lipinski definition) is 2. The maximum Gasteiger partial charge on any atom is 0.242 e. The van der Waals surface area contributed by atoms with Gasteiger partial charge >= 0.3 is 0 Å². The molecule has 1 rings (SSSR count). The number of rotatable bonds is 6. The number of halogens is 3. The lowest BCUT2D eigenvalue weighted by molar-refractivity contribution is 0.576. The zero-order valence-corrected chi connectivity index (χ0v) is 13.1. The van der Waals surface area contributed by atoms with E-state index in [2.05, 4.69) is 10.0 Å². The van der Waals surface area contributed by atoms with Gasteiger partial charge in [-0.1, -0.05) is 11.6 Å². The number of hydrogen-bond acceptors (Lipinski definition) is 3. The first-order chi connectivity index (χ1) is 8.38. The van der Waals surface area contributed by atoms with Gasteiger partial charge in [0, 0.05) is 6.54 Å². The molecule has 0 heterocycles. The van der Waals surface area contributed by atoms with Crippen molar-refractivity contribution in [3.63, 3.8) is 0 Å². The molecule has 0 saturated heterocycles. The summed E-state index contributed by atoms with van der Waals surface area (Å²) >= 11 is 5.75. The van der Waals surface area contributed by atoms with Crippen molar-refractivity contribution >= 4 is 34.0 Å². The summed E-state index contributed by atoms with van der Waals surface area (Å²) in [6.45, 7) is 2.50. The maximum absolute atomic E-state index is 13.2. The highest BCUT2D eigenvalue weighted by Gasteiger charge is 2.19. The Morgan fingerprint density at radius 1 is 1.32 bits per heavy atom. The van der Waals surface area contributed by atoms with Crippen LogP contribution in [0, 0.1) is 12.7 Å². The van der Waals surface area contributed by atoms with Crippen LogP contribution in [0.1, 0.15) is 12.0 Å². The lowest BCUT2D eigenvalue weighted by Crippen LogP contribution is -2.27. The van der Waals surface area contributed by atoms with Crippen molar-refractivity contribution < 1.29 is 12.8 Å². The minimum atomic E-state index is -3.69. The van der Waals surface area contributed by atoms with Crippen LogP contribution in [0.25, 0.3) is 0 Å². The van der Waals surface area contributed by atoms with Crippen LogP contribution in [0.5, 0.6) is 0 Å². The molecule has 0 aliphatic rings. The minimum absolute atomic E-state index is 0. The van der Waals surface area contributed by atoms with Crippen molar-refractivity contribution in [2.75, 3.05) is 20.1 Å². The fourth-order valence-electron chi connectivity index (χ4n) is 1.39. The van der Waals surface area contributed by atoms with Gasteiger partial charge in [-0.05, 0) is 44.6 Å². The monoisotopic (exact) mass is 330 g/mol. The SMILES string of the molecule is CNCCCNS(=O)(=O)c1cc(C)c(F)cc1Cl.Cl. The van der Waals surface area contributed by atoms with Gasteiger partial charge < -0.3 is 5.32 Å². The highest BCUT2D eigenvalue weighted by atomic mass is 35.5. The molecule has 8 heteroatoms. The van der Waals surface area contributed by atoms with E-state index in [9.17, 15) is 12.8 Å². The van der Waals surface area contributed by atoms with Gasteiger partial charge in [0.05, 0.1) is 5.02 Å². The molecule has 0 fully saturated rings. The Labute approximate surface area is 124 Å². The Bertz CT molecular complexity index is 524. The number of nitrogens with one attached hydrogen (secondary N) is 2. The molecule has 1 aromatic carbocycles. The van der Waals surface area contributed by atoms with Crippen LogP contribution in [0.15, 0.2) is 17.0 Å². The van der Waals surface area contributed by atoms with E-state index in [-0.39, 0.29) is 27.9 Å². The molecule has 1 aromatic rings. The summed E-state index contributed by atoms with van der Waals surface area (Å²) in [6.07, 6.45) is 0.660. The van der Waals surface area contributed by atoms with Gasteiger partial charge in [-0.25, -0.2) is 17.5 Å². The van der Waals surface area contributed by atoms with Crippen LogP contribution in [-0.4, -0.2) is 28.6 Å². The molecule has 110 valence electrons. The van der Waals surface area contributed by atoms with E-state index in [4.69, 9.17) is 11.6 Å². The van der Waals surface area contributed by atoms with E-state index in [1.54, 1.807) is 7.05 Å². The molecule has 0 aromatic heterocycles. The smallest absolute Gasteiger partial charge is 0.242 e. The Morgan fingerprint density at radius 2 is 1.95 bits per heavy atom. The van der Waals surface area contributed by atoms with Gasteiger partial charge in [0.25, 0.3) is 0 Å². The quantitative estimate of drug-likeness (QED) is 0.785. The summed E-state index contributed by atoms with van der Waals surface area (Å²) < 4.78 is 39.5. The van der Waals surface area contributed by atoms with E-state index in [1.807, 2.05) is 0 Å². The largest absolute Gasteiger partial charge is 0.320 e. The van der Waals surface area contributed by atoms with E-state index < -0.39 is 15.8 Å². The predicted octanol–water partition coefficient (Wildman–Crippen LogP) is 2.10. The first-order valence-electron chi connectivity index (χ1n) is 5.48. The van der Waals surface area contributed by atoms with Crippen molar-refractivity contribution in [2.24, 2.45) is 0 Å². The predicted molar refractivity (Wildman–Crippen MR) is 77.1 cm³/mol. The third-order valence-corrected chi connectivity index (χ3v) is 4.32. The first kappa shape index (κ1) is 18.6. The van der Waals surface area contributed by atoms with Crippen LogP contribution in [0.2, 0.25) is 5.02 Å². The van der Waals surface area contributed by atoms with E-state index in [1.165, 1.54) is 13.0 Å². The van der Waals surface area contributed by atoms with Crippen LogP contribution in [-0.2, 0) is 10.0 Å². The normalized spacial score (nSPS) is 11.2. The summed E-state index contributed by atoms with van der Waals surface area (Å²) in [5.41, 5.74) is 0.245. The highest BCUT2D eigenvalue weighted by molar-refractivity contribution is 7.89. The van der Waals surface area contributed by atoms with Crippen LogP contribution >= 0.6 is 24.0 Å². The third kappa shape index (κ3) is 5.24. The van der Waals surface area contributed by atoms with E-state index in [0.717, 1.165) is 6.07 Å². The number of sulfonamides is 1. The summed E-state index contributed by atoms with van der Waals surface area (Å²) in [4.78, 5) is -0.0903. The Morgan fingerprint density at radius 3 is 2.53 bits per heavy atom. The lowest BCUT2D eigenvalue weighted by atomic mass is 10.2. The molecule has 4 nitrogen and oxygen atoms in total. The fourth-order valence-corrected chi connectivity index (χ4v) is 3.06. The maximum atomic E-state index is 13.2. The number of aryl methyl sites for hydroxylation is 1. The molecule has 19 heavy (non-hydrogen) atoms. The molecular formula is C11H17Cl2FN2O2S. The third-order valence-electron chi connectivity index (χ3n) is 2.40. The van der Waals surface area contributed by atoms with Gasteiger partial charge in [-0.15, -0.1) is 12.4 Å². The summed E-state index contributed by atoms with van der Waals surface area (Å²) in [5.74, 6) is -0.519. The summed E-state index contributed by atoms with van der Waals surface area (Å²) in [7, 11) is -1.90. The van der Waals surface area contributed by atoms with Crippen LogP contribution in [0.4, 0.5) is 4.39 Å². The van der Waals surface area contributed by atoms with Gasteiger partial charge in [-0.2, -0.15) is 0 Å². The standard InChI is InChI=1S/C11H16ClFN2O2S.ClH/c1-8-6-11(9(12)7-10(8)13)18(16,17)15-5-3-4-14-2;/h6-7,14-15H,3-5H2,1-2H3;1H. The Hall–Kier alpha value is -0.400. The molecule has 0 saturated carbocycles. The average molecular weight is 331 g/mol. The zero-order valence-electron chi connectivity index (χ0n) is 10.7. The topological polar surface area (TPSA) is 58.2 Å². The van der Waals surface area contributed by atoms with Crippen molar-refractivity contribution in [3.8, 4) is 0 Å². The van der Waals surface area contributed by atoms with Gasteiger partial charge in [0.2, 0.25) is 10.0 Å². The molecule has 0 atom stereocenters. The van der Waals surface area contributed by atoms with Crippen molar-refractivity contribution in [1.82, 2.24) is 10.0 Å².